The second-order valence-corrected chi connectivity index (χ2v) is 9.48. The van der Waals surface area contributed by atoms with Crippen LogP contribution in [0.3, 0.4) is 0 Å². The van der Waals surface area contributed by atoms with Crippen LogP contribution in [0.2, 0.25) is 5.02 Å². The molecule has 2 aromatic rings. The number of piperidine rings is 1. The van der Waals surface area contributed by atoms with Gasteiger partial charge in [-0.05, 0) is 37.0 Å². The predicted molar refractivity (Wildman–Crippen MR) is 125 cm³/mol. The normalized spacial score (nSPS) is 21.2. The highest BCUT2D eigenvalue weighted by Gasteiger charge is 2.36. The van der Waals surface area contributed by atoms with E-state index >= 15 is 0 Å². The number of nitrogens with zero attached hydrogens (tertiary/aromatic N) is 4. The first-order valence-electron chi connectivity index (χ1n) is 11.4. The fourth-order valence-electron chi connectivity index (χ4n) is 4.49. The first kappa shape index (κ1) is 23.7. The summed E-state index contributed by atoms with van der Waals surface area (Å²) in [5.74, 6) is -0.774. The molecule has 0 N–H and O–H groups in total. The van der Waals surface area contributed by atoms with Gasteiger partial charge in [0.05, 0.1) is 19.3 Å². The van der Waals surface area contributed by atoms with Crippen molar-refractivity contribution in [2.45, 2.75) is 57.5 Å². The second-order valence-electron chi connectivity index (χ2n) is 9.07. The summed E-state index contributed by atoms with van der Waals surface area (Å²) < 4.78 is 33.8. The van der Waals surface area contributed by atoms with Crippen LogP contribution in [0.15, 0.2) is 30.5 Å². The molecular formula is C24H29ClF2N4O2. The van der Waals surface area contributed by atoms with Crippen molar-refractivity contribution in [3.63, 3.8) is 0 Å². The number of ether oxygens (including phenoxy) is 1. The van der Waals surface area contributed by atoms with E-state index in [0.717, 1.165) is 17.7 Å². The molecule has 0 radical (unpaired) electrons. The van der Waals surface area contributed by atoms with Gasteiger partial charge in [-0.25, -0.2) is 13.8 Å². The number of ketones is 1. The molecule has 2 atom stereocenters. The predicted octanol–water partition coefficient (Wildman–Crippen LogP) is 5.11. The highest BCUT2D eigenvalue weighted by atomic mass is 35.5. The highest BCUT2D eigenvalue weighted by Crippen LogP contribution is 2.33. The minimum Gasteiger partial charge on any atom is -0.489 e. The third-order valence-electron chi connectivity index (χ3n) is 6.18. The molecule has 2 saturated heterocycles. The largest absolute Gasteiger partial charge is 0.489 e. The third-order valence-corrected chi connectivity index (χ3v) is 6.45. The lowest BCUT2D eigenvalue weighted by atomic mass is 9.96. The monoisotopic (exact) mass is 478 g/mol. The zero-order valence-electron chi connectivity index (χ0n) is 18.9. The Morgan fingerprint density at radius 2 is 2.03 bits per heavy atom. The molecule has 33 heavy (non-hydrogen) atoms. The van der Waals surface area contributed by atoms with E-state index in [-0.39, 0.29) is 36.7 Å². The first-order chi connectivity index (χ1) is 15.7. The van der Waals surface area contributed by atoms with Crippen molar-refractivity contribution in [1.82, 2.24) is 9.97 Å². The maximum atomic E-state index is 13.8. The number of hydrogen-bond acceptors (Lipinski definition) is 6. The lowest BCUT2D eigenvalue weighted by molar-refractivity contribution is -0.117. The van der Waals surface area contributed by atoms with E-state index < -0.39 is 5.92 Å². The maximum Gasteiger partial charge on any atom is 0.265 e. The Morgan fingerprint density at radius 3 is 2.73 bits per heavy atom. The smallest absolute Gasteiger partial charge is 0.265 e. The Balaban J connectivity index is 1.39. The molecule has 2 aliphatic heterocycles. The SMILES string of the molecule is CC(=O)C[C@@H](C)c1ccc(O[C@@H]2CCN(c3nc(N4CCCC(F)(F)C4)ncc3Cl)C2)cc1. The third kappa shape index (κ3) is 5.91. The summed E-state index contributed by atoms with van der Waals surface area (Å²) in [6, 6.07) is 7.86. The van der Waals surface area contributed by atoms with Gasteiger partial charge in [-0.2, -0.15) is 4.98 Å². The lowest BCUT2D eigenvalue weighted by Gasteiger charge is -2.33. The molecule has 4 rings (SSSR count). The van der Waals surface area contributed by atoms with Gasteiger partial charge in [0.2, 0.25) is 5.95 Å². The summed E-state index contributed by atoms with van der Waals surface area (Å²) in [4.78, 5) is 23.6. The van der Waals surface area contributed by atoms with Crippen LogP contribution < -0.4 is 14.5 Å². The average Bonchev–Trinajstić information content (AvgIpc) is 3.21. The number of rotatable bonds is 7. The quantitative estimate of drug-likeness (QED) is 0.551. The molecule has 1 aromatic carbocycles. The number of alkyl halides is 2. The van der Waals surface area contributed by atoms with Crippen molar-refractivity contribution in [2.24, 2.45) is 0 Å². The van der Waals surface area contributed by atoms with Gasteiger partial charge < -0.3 is 19.3 Å². The van der Waals surface area contributed by atoms with E-state index in [1.807, 2.05) is 36.1 Å². The van der Waals surface area contributed by atoms with E-state index in [9.17, 15) is 13.6 Å². The minimum atomic E-state index is -2.73. The highest BCUT2D eigenvalue weighted by molar-refractivity contribution is 6.32. The van der Waals surface area contributed by atoms with Crippen molar-refractivity contribution in [3.8, 4) is 5.75 Å². The van der Waals surface area contributed by atoms with Crippen LogP contribution in [0.25, 0.3) is 0 Å². The summed E-state index contributed by atoms with van der Waals surface area (Å²) in [7, 11) is 0. The molecule has 0 aliphatic carbocycles. The molecule has 3 heterocycles. The Labute approximate surface area is 197 Å². The van der Waals surface area contributed by atoms with Crippen molar-refractivity contribution in [1.29, 1.82) is 0 Å². The molecule has 0 bridgehead atoms. The second kappa shape index (κ2) is 9.79. The van der Waals surface area contributed by atoms with Crippen molar-refractivity contribution < 1.29 is 18.3 Å². The molecule has 2 fully saturated rings. The van der Waals surface area contributed by atoms with Crippen molar-refractivity contribution >= 4 is 29.2 Å². The van der Waals surface area contributed by atoms with Gasteiger partial charge in [0.25, 0.3) is 5.92 Å². The molecule has 9 heteroatoms. The summed E-state index contributed by atoms with van der Waals surface area (Å²) in [5.41, 5.74) is 1.11. The molecule has 2 aliphatic rings. The molecule has 178 valence electrons. The Bertz CT molecular complexity index is 989. The van der Waals surface area contributed by atoms with Gasteiger partial charge in [-0.15, -0.1) is 0 Å². The molecule has 0 spiro atoms. The number of carbonyl (C=O) groups excluding carboxylic acids is 1. The van der Waals surface area contributed by atoms with Gasteiger partial charge in [-0.3, -0.25) is 0 Å². The van der Waals surface area contributed by atoms with Crippen LogP contribution in [0.1, 0.15) is 51.0 Å². The molecule has 1 aromatic heterocycles. The number of halogens is 3. The van der Waals surface area contributed by atoms with Gasteiger partial charge in [0.1, 0.15) is 22.7 Å². The van der Waals surface area contributed by atoms with Crippen molar-refractivity contribution in [3.05, 3.63) is 41.0 Å². The first-order valence-corrected chi connectivity index (χ1v) is 11.7. The van der Waals surface area contributed by atoms with Crippen LogP contribution >= 0.6 is 11.6 Å². The van der Waals surface area contributed by atoms with Gasteiger partial charge >= 0.3 is 0 Å². The van der Waals surface area contributed by atoms with Crippen LogP contribution in [-0.4, -0.2) is 54.0 Å². The zero-order valence-corrected chi connectivity index (χ0v) is 19.7. The fourth-order valence-corrected chi connectivity index (χ4v) is 4.70. The van der Waals surface area contributed by atoms with Crippen LogP contribution in [-0.2, 0) is 4.79 Å². The maximum absolute atomic E-state index is 13.8. The Morgan fingerprint density at radius 1 is 1.27 bits per heavy atom. The lowest BCUT2D eigenvalue weighted by Crippen LogP contribution is -2.43. The molecule has 0 amide bonds. The summed E-state index contributed by atoms with van der Waals surface area (Å²) >= 11 is 6.36. The number of carbonyl (C=O) groups is 1. The topological polar surface area (TPSA) is 58.6 Å². The number of benzene rings is 1. The van der Waals surface area contributed by atoms with Crippen LogP contribution in [0.5, 0.6) is 5.75 Å². The standard InChI is InChI=1S/C24H29ClF2N4O2/c1-16(12-17(2)32)18-4-6-19(7-5-18)33-20-8-11-30(14-20)22-21(25)13-28-23(29-22)31-10-3-9-24(26,27)15-31/h4-7,13,16,20H,3,8-12,14-15H2,1-2H3/t16-,20-/m1/s1. The number of hydrogen-bond donors (Lipinski definition) is 0. The Kier molecular flexibility index (Phi) is 7.02. The van der Waals surface area contributed by atoms with E-state index in [4.69, 9.17) is 16.3 Å². The van der Waals surface area contributed by atoms with Gasteiger partial charge in [-0.1, -0.05) is 30.7 Å². The number of anilines is 2. The fraction of sp³-hybridized carbons (Fsp3) is 0.542. The summed E-state index contributed by atoms with van der Waals surface area (Å²) in [6.07, 6.45) is 3.06. The van der Waals surface area contributed by atoms with E-state index in [0.29, 0.717) is 43.3 Å². The average molecular weight is 479 g/mol. The molecule has 0 unspecified atom stereocenters. The minimum absolute atomic E-state index is 0.0423. The summed E-state index contributed by atoms with van der Waals surface area (Å²) in [6.45, 7) is 5.06. The van der Waals surface area contributed by atoms with Gasteiger partial charge in [0.15, 0.2) is 5.82 Å². The van der Waals surface area contributed by atoms with E-state index in [2.05, 4.69) is 9.97 Å². The van der Waals surface area contributed by atoms with Crippen LogP contribution in [0.4, 0.5) is 20.5 Å². The van der Waals surface area contributed by atoms with Gasteiger partial charge in [0, 0.05) is 32.4 Å². The number of aromatic nitrogens is 2. The number of Topliss-reactive ketones (excluding diaryl/α,β-unsaturated/α-hetero) is 1. The van der Waals surface area contributed by atoms with E-state index in [1.54, 1.807) is 6.92 Å². The van der Waals surface area contributed by atoms with Crippen LogP contribution in [0, 0.1) is 0 Å². The van der Waals surface area contributed by atoms with Crippen molar-refractivity contribution in [2.75, 3.05) is 36.0 Å². The molecular weight excluding hydrogens is 450 g/mol. The molecule has 6 nitrogen and oxygen atoms in total. The van der Waals surface area contributed by atoms with E-state index in [1.165, 1.54) is 11.1 Å². The summed E-state index contributed by atoms with van der Waals surface area (Å²) in [5, 5.41) is 0.395. The zero-order chi connectivity index (χ0) is 23.6. The Hall–Kier alpha value is -2.48. The molecule has 0 saturated carbocycles.